The van der Waals surface area contributed by atoms with Gasteiger partial charge in [-0.1, -0.05) is 12.1 Å². The highest BCUT2D eigenvalue weighted by Gasteiger charge is 2.38. The molecule has 0 unspecified atom stereocenters. The van der Waals surface area contributed by atoms with E-state index in [9.17, 15) is 9.59 Å². The predicted molar refractivity (Wildman–Crippen MR) is 68.6 cm³/mol. The number of aliphatic hydroxyl groups excluding tert-OH is 1. The third-order valence-electron chi connectivity index (χ3n) is 3.65. The van der Waals surface area contributed by atoms with E-state index in [1.165, 1.54) is 4.90 Å². The van der Waals surface area contributed by atoms with E-state index in [-0.39, 0.29) is 25.1 Å². The summed E-state index contributed by atoms with van der Waals surface area (Å²) in [5, 5.41) is 9.06. The Labute approximate surface area is 111 Å². The van der Waals surface area contributed by atoms with Crippen molar-refractivity contribution in [2.45, 2.75) is 18.9 Å². The zero-order valence-corrected chi connectivity index (χ0v) is 10.6. The van der Waals surface area contributed by atoms with Gasteiger partial charge in [0, 0.05) is 12.6 Å². The summed E-state index contributed by atoms with van der Waals surface area (Å²) in [7, 11) is 0. The van der Waals surface area contributed by atoms with Crippen LogP contribution in [0.1, 0.15) is 33.6 Å². The fourth-order valence-electron chi connectivity index (χ4n) is 2.49. The van der Waals surface area contributed by atoms with E-state index >= 15 is 0 Å². The number of benzene rings is 1. The summed E-state index contributed by atoms with van der Waals surface area (Å²) < 4.78 is 0. The van der Waals surface area contributed by atoms with E-state index in [0.29, 0.717) is 23.7 Å². The maximum atomic E-state index is 12.2. The Morgan fingerprint density at radius 1 is 1.16 bits per heavy atom. The molecule has 5 heteroatoms. The third-order valence-corrected chi connectivity index (χ3v) is 3.65. The van der Waals surface area contributed by atoms with Gasteiger partial charge in [0.05, 0.1) is 24.4 Å². The van der Waals surface area contributed by atoms with Crippen LogP contribution in [0.4, 0.5) is 0 Å². The van der Waals surface area contributed by atoms with Crippen LogP contribution >= 0.6 is 0 Å². The molecule has 19 heavy (non-hydrogen) atoms. The number of imide groups is 1. The van der Waals surface area contributed by atoms with Crippen molar-refractivity contribution < 1.29 is 14.7 Å². The number of nitrogens with zero attached hydrogens (tertiary/aromatic N) is 2. The van der Waals surface area contributed by atoms with Crippen LogP contribution in [0.2, 0.25) is 0 Å². The van der Waals surface area contributed by atoms with E-state index in [1.807, 2.05) is 4.90 Å². The molecule has 1 heterocycles. The summed E-state index contributed by atoms with van der Waals surface area (Å²) in [6, 6.07) is 7.29. The second-order valence-electron chi connectivity index (χ2n) is 4.99. The van der Waals surface area contributed by atoms with Crippen LogP contribution in [-0.4, -0.2) is 52.6 Å². The second-order valence-corrected chi connectivity index (χ2v) is 4.99. The van der Waals surface area contributed by atoms with Crippen molar-refractivity contribution in [3.63, 3.8) is 0 Å². The van der Waals surface area contributed by atoms with Gasteiger partial charge < -0.3 is 5.11 Å². The van der Waals surface area contributed by atoms with Crippen molar-refractivity contribution in [2.75, 3.05) is 19.8 Å². The Bertz CT molecular complexity index is 490. The monoisotopic (exact) mass is 260 g/mol. The lowest BCUT2D eigenvalue weighted by atomic mass is 10.1. The van der Waals surface area contributed by atoms with Gasteiger partial charge in [-0.25, -0.2) is 0 Å². The first-order valence-corrected chi connectivity index (χ1v) is 6.52. The summed E-state index contributed by atoms with van der Waals surface area (Å²) >= 11 is 0. The van der Waals surface area contributed by atoms with Crippen LogP contribution in [0.3, 0.4) is 0 Å². The van der Waals surface area contributed by atoms with Crippen molar-refractivity contribution in [3.8, 4) is 0 Å². The molecule has 1 fully saturated rings. The van der Waals surface area contributed by atoms with Crippen molar-refractivity contribution >= 4 is 11.8 Å². The van der Waals surface area contributed by atoms with Crippen LogP contribution in [0, 0.1) is 0 Å². The molecule has 1 N–H and O–H groups in total. The molecule has 100 valence electrons. The number of hydrogen-bond acceptors (Lipinski definition) is 4. The quantitative estimate of drug-likeness (QED) is 0.792. The van der Waals surface area contributed by atoms with Gasteiger partial charge in [0.15, 0.2) is 0 Å². The van der Waals surface area contributed by atoms with Gasteiger partial charge in [-0.15, -0.1) is 0 Å². The molecule has 1 saturated carbocycles. The highest BCUT2D eigenvalue weighted by molar-refractivity contribution is 6.21. The van der Waals surface area contributed by atoms with Crippen LogP contribution in [0.5, 0.6) is 0 Å². The number of carbonyl (C=O) groups is 2. The van der Waals surface area contributed by atoms with Crippen molar-refractivity contribution in [1.29, 1.82) is 0 Å². The zero-order chi connectivity index (χ0) is 13.4. The van der Waals surface area contributed by atoms with Gasteiger partial charge >= 0.3 is 0 Å². The number of hydrogen-bond donors (Lipinski definition) is 1. The molecule has 0 radical (unpaired) electrons. The molecule has 0 bridgehead atoms. The van der Waals surface area contributed by atoms with Crippen LogP contribution < -0.4 is 0 Å². The van der Waals surface area contributed by atoms with Crippen LogP contribution in [0.15, 0.2) is 24.3 Å². The average molecular weight is 260 g/mol. The van der Waals surface area contributed by atoms with Crippen LogP contribution in [0.25, 0.3) is 0 Å². The maximum Gasteiger partial charge on any atom is 0.262 e. The summed E-state index contributed by atoms with van der Waals surface area (Å²) in [6.45, 7) is 0.815. The van der Waals surface area contributed by atoms with Gasteiger partial charge in [0.1, 0.15) is 0 Å². The van der Waals surface area contributed by atoms with E-state index < -0.39 is 0 Å². The van der Waals surface area contributed by atoms with E-state index in [0.717, 1.165) is 12.8 Å². The Morgan fingerprint density at radius 2 is 1.74 bits per heavy atom. The molecule has 3 rings (SSSR count). The predicted octanol–water partition coefficient (Wildman–Crippen LogP) is 0.697. The number of aliphatic hydroxyl groups is 1. The minimum absolute atomic E-state index is 0.0413. The van der Waals surface area contributed by atoms with E-state index in [2.05, 4.69) is 0 Å². The molecular weight excluding hydrogens is 244 g/mol. The summed E-state index contributed by atoms with van der Waals surface area (Å²) in [5.74, 6) is -0.464. The standard InChI is InChI=1S/C14H16N2O3/c17-8-7-15(10-5-6-10)9-16-13(18)11-3-1-2-4-12(11)14(16)19/h1-4,10,17H,5-9H2. The van der Waals surface area contributed by atoms with Gasteiger partial charge in [0.25, 0.3) is 11.8 Å². The first-order valence-electron chi connectivity index (χ1n) is 6.52. The molecular formula is C14H16N2O3. The van der Waals surface area contributed by atoms with Crippen molar-refractivity contribution in [3.05, 3.63) is 35.4 Å². The Morgan fingerprint density at radius 3 is 2.21 bits per heavy atom. The van der Waals surface area contributed by atoms with Crippen LogP contribution in [-0.2, 0) is 0 Å². The largest absolute Gasteiger partial charge is 0.395 e. The fourth-order valence-corrected chi connectivity index (χ4v) is 2.49. The fraction of sp³-hybridized carbons (Fsp3) is 0.429. The molecule has 1 aliphatic carbocycles. The Kier molecular flexibility index (Phi) is 3.08. The number of carbonyl (C=O) groups excluding carboxylic acids is 2. The zero-order valence-electron chi connectivity index (χ0n) is 10.6. The lowest BCUT2D eigenvalue weighted by Gasteiger charge is -2.25. The molecule has 2 aliphatic rings. The van der Waals surface area contributed by atoms with Gasteiger partial charge in [-0.3, -0.25) is 19.4 Å². The van der Waals surface area contributed by atoms with Crippen molar-refractivity contribution in [2.24, 2.45) is 0 Å². The smallest absolute Gasteiger partial charge is 0.262 e. The molecule has 1 aliphatic heterocycles. The molecule has 2 amide bonds. The molecule has 0 aromatic heterocycles. The molecule has 0 saturated heterocycles. The highest BCUT2D eigenvalue weighted by Crippen LogP contribution is 2.29. The average Bonchev–Trinajstić information content (AvgIpc) is 3.23. The van der Waals surface area contributed by atoms with Gasteiger partial charge in [0.2, 0.25) is 0 Å². The topological polar surface area (TPSA) is 60.9 Å². The molecule has 1 aromatic carbocycles. The van der Waals surface area contributed by atoms with E-state index in [4.69, 9.17) is 5.11 Å². The normalized spacial score (nSPS) is 18.3. The second kappa shape index (κ2) is 4.75. The minimum atomic E-state index is -0.232. The number of amides is 2. The highest BCUT2D eigenvalue weighted by atomic mass is 16.3. The first-order chi connectivity index (χ1) is 9.22. The summed E-state index contributed by atoms with van der Waals surface area (Å²) in [6.07, 6.45) is 2.15. The molecule has 0 atom stereocenters. The molecule has 5 nitrogen and oxygen atoms in total. The number of fused-ring (bicyclic) bond motifs is 1. The third kappa shape index (κ3) is 2.15. The Hall–Kier alpha value is -1.72. The minimum Gasteiger partial charge on any atom is -0.395 e. The summed E-state index contributed by atoms with van der Waals surface area (Å²) in [4.78, 5) is 27.7. The summed E-state index contributed by atoms with van der Waals surface area (Å²) in [5.41, 5.74) is 0.958. The Balaban J connectivity index is 1.79. The van der Waals surface area contributed by atoms with E-state index in [1.54, 1.807) is 24.3 Å². The lowest BCUT2D eigenvalue weighted by molar-refractivity contribution is 0.0508. The van der Waals surface area contributed by atoms with Gasteiger partial charge in [-0.2, -0.15) is 0 Å². The van der Waals surface area contributed by atoms with Gasteiger partial charge in [-0.05, 0) is 25.0 Å². The number of rotatable bonds is 5. The first kappa shape index (κ1) is 12.3. The van der Waals surface area contributed by atoms with Crippen molar-refractivity contribution in [1.82, 2.24) is 9.80 Å². The lowest BCUT2D eigenvalue weighted by Crippen LogP contribution is -2.43. The maximum absolute atomic E-state index is 12.2. The molecule has 1 aromatic rings. The SMILES string of the molecule is O=C1c2ccccc2C(=O)N1CN(CCO)C1CC1. The molecule has 0 spiro atoms.